The number of nitrogens with zero attached hydrogens (tertiary/aromatic N) is 1. The maximum absolute atomic E-state index is 12.1. The molecule has 4 heteroatoms. The molecule has 0 radical (unpaired) electrons. The number of pyridine rings is 1. The number of nitrogens with one attached hydrogen (secondary N) is 1. The molecule has 0 spiro atoms. The van der Waals surface area contributed by atoms with E-state index in [-0.39, 0.29) is 5.63 Å². The zero-order valence-electron chi connectivity index (χ0n) is 11.1. The van der Waals surface area contributed by atoms with E-state index in [2.05, 4.69) is 10.3 Å². The molecule has 0 atom stereocenters. The molecule has 0 aliphatic heterocycles. The van der Waals surface area contributed by atoms with Crippen LogP contribution in [0.1, 0.15) is 6.92 Å². The lowest BCUT2D eigenvalue weighted by Gasteiger charge is -2.05. The molecule has 1 N–H and O–H groups in total. The van der Waals surface area contributed by atoms with Gasteiger partial charge in [-0.15, -0.1) is 0 Å². The van der Waals surface area contributed by atoms with Gasteiger partial charge in [-0.05, 0) is 42.8 Å². The maximum atomic E-state index is 12.1. The molecule has 0 fully saturated rings. The van der Waals surface area contributed by atoms with Crippen LogP contribution in [0.3, 0.4) is 0 Å². The maximum Gasteiger partial charge on any atom is 0.344 e. The molecule has 100 valence electrons. The monoisotopic (exact) mass is 266 g/mol. The van der Waals surface area contributed by atoms with Gasteiger partial charge in [0, 0.05) is 36.1 Å². The van der Waals surface area contributed by atoms with E-state index in [9.17, 15) is 4.79 Å². The number of hydrogen-bond donors (Lipinski definition) is 1. The lowest BCUT2D eigenvalue weighted by molar-refractivity contribution is 0.563. The van der Waals surface area contributed by atoms with E-state index in [1.807, 2.05) is 31.2 Å². The van der Waals surface area contributed by atoms with Crippen LogP contribution in [0.4, 0.5) is 5.69 Å². The third kappa shape index (κ3) is 2.28. The van der Waals surface area contributed by atoms with E-state index in [1.165, 1.54) is 0 Å². The highest BCUT2D eigenvalue weighted by Crippen LogP contribution is 2.22. The smallest absolute Gasteiger partial charge is 0.344 e. The van der Waals surface area contributed by atoms with Crippen molar-refractivity contribution in [2.75, 3.05) is 11.9 Å². The molecule has 1 aromatic carbocycles. The van der Waals surface area contributed by atoms with Crippen molar-refractivity contribution in [3.63, 3.8) is 0 Å². The van der Waals surface area contributed by atoms with Crippen molar-refractivity contribution in [1.29, 1.82) is 0 Å². The molecule has 0 unspecified atom stereocenters. The van der Waals surface area contributed by atoms with Crippen molar-refractivity contribution in [2.24, 2.45) is 0 Å². The van der Waals surface area contributed by atoms with Crippen LogP contribution in [0.5, 0.6) is 0 Å². The third-order valence-electron chi connectivity index (χ3n) is 3.11. The lowest BCUT2D eigenvalue weighted by Crippen LogP contribution is -2.03. The van der Waals surface area contributed by atoms with E-state index in [0.29, 0.717) is 11.1 Å². The predicted molar refractivity (Wildman–Crippen MR) is 79.9 cm³/mol. The quantitative estimate of drug-likeness (QED) is 0.739. The van der Waals surface area contributed by atoms with Crippen molar-refractivity contribution in [1.82, 2.24) is 4.98 Å². The topological polar surface area (TPSA) is 55.1 Å². The molecule has 2 aromatic heterocycles. The minimum Gasteiger partial charge on any atom is -0.422 e. The molecular formula is C16H14N2O2. The number of anilines is 1. The Morgan fingerprint density at radius 2 is 1.95 bits per heavy atom. The summed E-state index contributed by atoms with van der Waals surface area (Å²) >= 11 is 0. The van der Waals surface area contributed by atoms with Gasteiger partial charge in [0.2, 0.25) is 0 Å². The van der Waals surface area contributed by atoms with Gasteiger partial charge in [-0.3, -0.25) is 4.98 Å². The van der Waals surface area contributed by atoms with Crippen LogP contribution in [0.2, 0.25) is 0 Å². The van der Waals surface area contributed by atoms with Crippen molar-refractivity contribution in [2.45, 2.75) is 6.92 Å². The fourth-order valence-electron chi connectivity index (χ4n) is 2.16. The standard InChI is InChI=1S/C16H14N2O2/c1-2-18-13-4-3-12-9-14(11-5-7-17-8-6-11)16(19)20-15(12)10-13/h3-10,18H,2H2,1H3. The molecule has 3 rings (SSSR count). The van der Waals surface area contributed by atoms with Crippen molar-refractivity contribution < 1.29 is 4.42 Å². The van der Waals surface area contributed by atoms with Crippen LogP contribution in [0.15, 0.2) is 58.0 Å². The SMILES string of the molecule is CCNc1ccc2cc(-c3ccncc3)c(=O)oc2c1. The fraction of sp³-hybridized carbons (Fsp3) is 0.125. The summed E-state index contributed by atoms with van der Waals surface area (Å²) in [4.78, 5) is 16.0. The first-order valence-corrected chi connectivity index (χ1v) is 6.50. The van der Waals surface area contributed by atoms with Crippen LogP contribution in [0.25, 0.3) is 22.1 Å². The molecular weight excluding hydrogens is 252 g/mol. The molecule has 0 amide bonds. The van der Waals surface area contributed by atoms with Gasteiger partial charge in [0.05, 0.1) is 5.56 Å². The molecule has 0 bridgehead atoms. The number of fused-ring (bicyclic) bond motifs is 1. The molecule has 0 aliphatic rings. The van der Waals surface area contributed by atoms with Gasteiger partial charge < -0.3 is 9.73 Å². The molecule has 3 aromatic rings. The minimum absolute atomic E-state index is 0.336. The van der Waals surface area contributed by atoms with Crippen molar-refractivity contribution >= 4 is 16.7 Å². The van der Waals surface area contributed by atoms with E-state index < -0.39 is 0 Å². The summed E-state index contributed by atoms with van der Waals surface area (Å²) in [6.07, 6.45) is 3.32. The Kier molecular flexibility index (Phi) is 3.21. The predicted octanol–water partition coefficient (Wildman–Crippen LogP) is 3.29. The molecule has 0 aliphatic carbocycles. The summed E-state index contributed by atoms with van der Waals surface area (Å²) in [5, 5.41) is 4.10. The number of hydrogen-bond acceptors (Lipinski definition) is 4. The second-order valence-corrected chi connectivity index (χ2v) is 4.47. The fourth-order valence-corrected chi connectivity index (χ4v) is 2.16. The van der Waals surface area contributed by atoms with Crippen LogP contribution in [-0.4, -0.2) is 11.5 Å². The first kappa shape index (κ1) is 12.4. The second kappa shape index (κ2) is 5.17. The summed E-state index contributed by atoms with van der Waals surface area (Å²) in [7, 11) is 0. The van der Waals surface area contributed by atoms with Crippen LogP contribution in [0, 0.1) is 0 Å². The number of rotatable bonds is 3. The van der Waals surface area contributed by atoms with Gasteiger partial charge in [-0.25, -0.2) is 4.79 Å². The summed E-state index contributed by atoms with van der Waals surface area (Å²) in [5.41, 5.74) is 2.56. The Morgan fingerprint density at radius 1 is 1.15 bits per heavy atom. The normalized spacial score (nSPS) is 10.7. The largest absolute Gasteiger partial charge is 0.422 e. The second-order valence-electron chi connectivity index (χ2n) is 4.47. The Balaban J connectivity index is 2.16. The zero-order chi connectivity index (χ0) is 13.9. The first-order valence-electron chi connectivity index (χ1n) is 6.50. The van der Waals surface area contributed by atoms with Crippen LogP contribution < -0.4 is 10.9 Å². The average Bonchev–Trinajstić information content (AvgIpc) is 2.48. The third-order valence-corrected chi connectivity index (χ3v) is 3.11. The first-order chi connectivity index (χ1) is 9.78. The van der Waals surface area contributed by atoms with Gasteiger partial charge in [0.1, 0.15) is 5.58 Å². The van der Waals surface area contributed by atoms with E-state index in [4.69, 9.17) is 4.42 Å². The Labute approximate surface area is 116 Å². The van der Waals surface area contributed by atoms with Crippen molar-refractivity contribution in [3.8, 4) is 11.1 Å². The highest BCUT2D eigenvalue weighted by molar-refractivity contribution is 5.84. The molecule has 0 saturated heterocycles. The minimum atomic E-state index is -0.336. The van der Waals surface area contributed by atoms with Crippen LogP contribution >= 0.6 is 0 Å². The highest BCUT2D eigenvalue weighted by Gasteiger charge is 2.07. The summed E-state index contributed by atoms with van der Waals surface area (Å²) < 4.78 is 5.42. The summed E-state index contributed by atoms with van der Waals surface area (Å²) in [6, 6.07) is 11.2. The van der Waals surface area contributed by atoms with E-state index in [1.54, 1.807) is 24.5 Å². The Hall–Kier alpha value is -2.62. The van der Waals surface area contributed by atoms with Gasteiger partial charge in [0.15, 0.2) is 0 Å². The summed E-state index contributed by atoms with van der Waals surface area (Å²) in [5.74, 6) is 0. The number of aromatic nitrogens is 1. The van der Waals surface area contributed by atoms with Gasteiger partial charge in [0.25, 0.3) is 0 Å². The molecule has 4 nitrogen and oxygen atoms in total. The van der Waals surface area contributed by atoms with Gasteiger partial charge >= 0.3 is 5.63 Å². The van der Waals surface area contributed by atoms with E-state index >= 15 is 0 Å². The molecule has 0 saturated carbocycles. The van der Waals surface area contributed by atoms with Crippen LogP contribution in [-0.2, 0) is 0 Å². The molecule has 20 heavy (non-hydrogen) atoms. The average molecular weight is 266 g/mol. The molecule has 2 heterocycles. The van der Waals surface area contributed by atoms with E-state index in [0.717, 1.165) is 23.2 Å². The summed E-state index contributed by atoms with van der Waals surface area (Å²) in [6.45, 7) is 2.84. The van der Waals surface area contributed by atoms with Crippen molar-refractivity contribution in [3.05, 3.63) is 59.2 Å². The Morgan fingerprint density at radius 3 is 2.70 bits per heavy atom. The number of benzene rings is 1. The highest BCUT2D eigenvalue weighted by atomic mass is 16.4. The van der Waals surface area contributed by atoms with Gasteiger partial charge in [-0.1, -0.05) is 0 Å². The lowest BCUT2D eigenvalue weighted by atomic mass is 10.1. The van der Waals surface area contributed by atoms with Gasteiger partial charge in [-0.2, -0.15) is 0 Å². The Bertz CT molecular complexity index is 794. The zero-order valence-corrected chi connectivity index (χ0v) is 11.1.